The summed E-state index contributed by atoms with van der Waals surface area (Å²) >= 11 is 12.0. The molecule has 1 N–H and O–H groups in total. The molecule has 0 spiro atoms. The maximum absolute atomic E-state index is 12.9. The molecule has 28 heavy (non-hydrogen) atoms. The topological polar surface area (TPSA) is 66.5 Å². The summed E-state index contributed by atoms with van der Waals surface area (Å²) in [6, 6.07) is 11.1. The van der Waals surface area contributed by atoms with Gasteiger partial charge < -0.3 is 5.32 Å². The highest BCUT2D eigenvalue weighted by Gasteiger charge is 2.30. The van der Waals surface area contributed by atoms with Crippen molar-refractivity contribution in [1.82, 2.24) is 5.32 Å². The zero-order valence-electron chi connectivity index (χ0n) is 16.2. The summed E-state index contributed by atoms with van der Waals surface area (Å²) in [5.74, 6) is -0.408. The summed E-state index contributed by atoms with van der Waals surface area (Å²) in [5.41, 5.74) is 2.33. The number of hydrogen-bond acceptors (Lipinski definition) is 3. The monoisotopic (exact) mass is 442 g/mol. The van der Waals surface area contributed by atoms with Crippen LogP contribution in [0.25, 0.3) is 0 Å². The zero-order valence-corrected chi connectivity index (χ0v) is 18.6. The highest BCUT2D eigenvalue weighted by atomic mass is 35.5. The number of nitrogens with zero attached hydrogens (tertiary/aromatic N) is 1. The van der Waals surface area contributed by atoms with Gasteiger partial charge in [-0.05, 0) is 44.0 Å². The van der Waals surface area contributed by atoms with E-state index >= 15 is 0 Å². The quantitative estimate of drug-likeness (QED) is 0.673. The molecule has 2 rings (SSSR count). The number of carbonyl (C=O) groups excluding carboxylic acids is 1. The van der Waals surface area contributed by atoms with E-state index in [2.05, 4.69) is 5.32 Å². The highest BCUT2D eigenvalue weighted by Crippen LogP contribution is 2.29. The molecular formula is C20H24Cl2N2O3S. The number of sulfonamides is 1. The SMILES string of the molecule is CC[C@@H](NC(=O)[C@@H](C)N(c1cc(Cl)cc(Cl)c1)S(C)(=O)=O)c1ccc(C)cc1. The molecule has 8 heteroatoms. The van der Waals surface area contributed by atoms with Crippen LogP contribution in [-0.2, 0) is 14.8 Å². The minimum absolute atomic E-state index is 0.222. The number of halogens is 2. The largest absolute Gasteiger partial charge is 0.347 e. The average Bonchev–Trinajstić information content (AvgIpc) is 2.58. The third kappa shape index (κ3) is 5.63. The molecule has 0 fully saturated rings. The minimum atomic E-state index is -3.75. The molecule has 0 saturated carbocycles. The number of aryl methyl sites for hydroxylation is 1. The van der Waals surface area contributed by atoms with Crippen LogP contribution in [0.2, 0.25) is 10.0 Å². The number of nitrogens with one attached hydrogen (secondary N) is 1. The molecule has 0 aliphatic rings. The van der Waals surface area contributed by atoms with Crippen molar-refractivity contribution in [2.24, 2.45) is 0 Å². The first kappa shape index (κ1) is 22.5. The predicted molar refractivity (Wildman–Crippen MR) is 116 cm³/mol. The van der Waals surface area contributed by atoms with Gasteiger partial charge in [-0.1, -0.05) is 60.0 Å². The molecule has 0 bridgehead atoms. The molecule has 0 aliphatic carbocycles. The van der Waals surface area contributed by atoms with Crippen molar-refractivity contribution in [2.45, 2.75) is 39.3 Å². The Kier molecular flexibility index (Phi) is 7.37. The van der Waals surface area contributed by atoms with Gasteiger partial charge in [0.15, 0.2) is 0 Å². The van der Waals surface area contributed by atoms with Gasteiger partial charge in [0, 0.05) is 10.0 Å². The van der Waals surface area contributed by atoms with Crippen molar-refractivity contribution in [1.29, 1.82) is 0 Å². The Morgan fingerprint density at radius 3 is 2.11 bits per heavy atom. The molecule has 2 atom stereocenters. The van der Waals surface area contributed by atoms with E-state index in [9.17, 15) is 13.2 Å². The molecule has 0 saturated heterocycles. The number of benzene rings is 2. The molecule has 5 nitrogen and oxygen atoms in total. The van der Waals surface area contributed by atoms with Crippen LogP contribution in [0, 0.1) is 6.92 Å². The Labute approximate surface area is 176 Å². The first-order valence-electron chi connectivity index (χ1n) is 8.85. The molecule has 0 heterocycles. The van der Waals surface area contributed by atoms with Gasteiger partial charge in [0.05, 0.1) is 18.0 Å². The fourth-order valence-electron chi connectivity index (χ4n) is 2.99. The fraction of sp³-hybridized carbons (Fsp3) is 0.350. The van der Waals surface area contributed by atoms with E-state index in [4.69, 9.17) is 23.2 Å². The molecule has 0 aromatic heterocycles. The first-order valence-corrected chi connectivity index (χ1v) is 11.5. The van der Waals surface area contributed by atoms with E-state index < -0.39 is 22.0 Å². The second-order valence-electron chi connectivity index (χ2n) is 6.74. The lowest BCUT2D eigenvalue weighted by Crippen LogP contribution is -2.48. The smallest absolute Gasteiger partial charge is 0.244 e. The molecule has 2 aromatic carbocycles. The third-order valence-corrected chi connectivity index (χ3v) is 6.07. The van der Waals surface area contributed by atoms with Gasteiger partial charge in [-0.2, -0.15) is 0 Å². The predicted octanol–water partition coefficient (Wildman–Crippen LogP) is 4.72. The van der Waals surface area contributed by atoms with E-state index in [0.29, 0.717) is 6.42 Å². The standard InChI is InChI=1S/C20H24Cl2N2O3S/c1-5-19(15-8-6-13(2)7-9-15)23-20(25)14(3)24(28(4,26)27)18-11-16(21)10-17(22)12-18/h6-12,14,19H,5H2,1-4H3,(H,23,25)/t14-,19-/m1/s1. The summed E-state index contributed by atoms with van der Waals surface area (Å²) in [4.78, 5) is 12.9. The van der Waals surface area contributed by atoms with E-state index in [0.717, 1.165) is 21.7 Å². The summed E-state index contributed by atoms with van der Waals surface area (Å²) in [6.07, 6.45) is 1.71. The minimum Gasteiger partial charge on any atom is -0.347 e. The second-order valence-corrected chi connectivity index (χ2v) is 9.47. The van der Waals surface area contributed by atoms with Gasteiger partial charge >= 0.3 is 0 Å². The lowest BCUT2D eigenvalue weighted by molar-refractivity contribution is -0.122. The first-order chi connectivity index (χ1) is 13.0. The number of amides is 1. The van der Waals surface area contributed by atoms with Crippen molar-refractivity contribution >= 4 is 44.8 Å². The van der Waals surface area contributed by atoms with Crippen LogP contribution < -0.4 is 9.62 Å². The summed E-state index contributed by atoms with van der Waals surface area (Å²) in [7, 11) is -3.75. The molecule has 0 radical (unpaired) electrons. The van der Waals surface area contributed by atoms with Crippen LogP contribution in [0.1, 0.15) is 37.4 Å². The Bertz CT molecular complexity index is 926. The Hall–Kier alpha value is -1.76. The van der Waals surface area contributed by atoms with E-state index in [1.54, 1.807) is 0 Å². The Balaban J connectivity index is 2.31. The van der Waals surface area contributed by atoms with Gasteiger partial charge in [0.2, 0.25) is 15.9 Å². The Morgan fingerprint density at radius 2 is 1.64 bits per heavy atom. The van der Waals surface area contributed by atoms with Gasteiger partial charge in [0.1, 0.15) is 6.04 Å². The van der Waals surface area contributed by atoms with Crippen molar-refractivity contribution < 1.29 is 13.2 Å². The number of anilines is 1. The summed E-state index contributed by atoms with van der Waals surface area (Å²) in [5, 5.41) is 3.52. The second kappa shape index (κ2) is 9.16. The van der Waals surface area contributed by atoms with Crippen LogP contribution in [-0.4, -0.2) is 26.6 Å². The molecule has 2 aromatic rings. The van der Waals surface area contributed by atoms with Gasteiger partial charge in [-0.15, -0.1) is 0 Å². The highest BCUT2D eigenvalue weighted by molar-refractivity contribution is 7.92. The average molecular weight is 443 g/mol. The number of carbonyl (C=O) groups is 1. The molecule has 152 valence electrons. The Morgan fingerprint density at radius 1 is 1.11 bits per heavy atom. The molecule has 0 unspecified atom stereocenters. The van der Waals surface area contributed by atoms with Crippen LogP contribution in [0.3, 0.4) is 0 Å². The van der Waals surface area contributed by atoms with Crippen LogP contribution in [0.4, 0.5) is 5.69 Å². The number of hydrogen-bond donors (Lipinski definition) is 1. The normalized spacial score (nSPS) is 13.6. The van der Waals surface area contributed by atoms with E-state index in [1.807, 2.05) is 38.1 Å². The third-order valence-electron chi connectivity index (χ3n) is 4.39. The fourth-order valence-corrected chi connectivity index (χ4v) is 4.66. The van der Waals surface area contributed by atoms with E-state index in [1.165, 1.54) is 25.1 Å². The maximum Gasteiger partial charge on any atom is 0.244 e. The maximum atomic E-state index is 12.9. The molecule has 1 amide bonds. The van der Waals surface area contributed by atoms with Gasteiger partial charge in [-0.25, -0.2) is 8.42 Å². The van der Waals surface area contributed by atoms with Crippen molar-refractivity contribution in [3.05, 3.63) is 63.6 Å². The van der Waals surface area contributed by atoms with Gasteiger partial charge in [0.25, 0.3) is 0 Å². The molecular weight excluding hydrogens is 419 g/mol. The van der Waals surface area contributed by atoms with Crippen LogP contribution in [0.15, 0.2) is 42.5 Å². The summed E-state index contributed by atoms with van der Waals surface area (Å²) < 4.78 is 25.9. The lowest BCUT2D eigenvalue weighted by Gasteiger charge is -2.30. The van der Waals surface area contributed by atoms with Gasteiger partial charge in [-0.3, -0.25) is 9.10 Å². The van der Waals surface area contributed by atoms with Crippen LogP contribution in [0.5, 0.6) is 0 Å². The number of rotatable bonds is 7. The van der Waals surface area contributed by atoms with Crippen molar-refractivity contribution in [3.8, 4) is 0 Å². The molecule has 0 aliphatic heterocycles. The zero-order chi connectivity index (χ0) is 21.1. The van der Waals surface area contributed by atoms with E-state index in [-0.39, 0.29) is 21.8 Å². The van der Waals surface area contributed by atoms with Crippen LogP contribution >= 0.6 is 23.2 Å². The lowest BCUT2D eigenvalue weighted by atomic mass is 10.0. The summed E-state index contributed by atoms with van der Waals surface area (Å²) in [6.45, 7) is 5.49. The van der Waals surface area contributed by atoms with Crippen molar-refractivity contribution in [3.63, 3.8) is 0 Å². The van der Waals surface area contributed by atoms with Crippen molar-refractivity contribution in [2.75, 3.05) is 10.6 Å².